The zero-order valence-corrected chi connectivity index (χ0v) is 86.1. The molecule has 9 rings (SSSR count). The number of ether oxygens (including phenoxy) is 2. The van der Waals surface area contributed by atoms with Crippen molar-refractivity contribution in [2.24, 2.45) is 63.6 Å². The van der Waals surface area contributed by atoms with Gasteiger partial charge in [-0.25, -0.2) is 19.0 Å². The molecule has 3 fully saturated rings. The largest absolute Gasteiger partial charge is 1.00 e. The van der Waals surface area contributed by atoms with Gasteiger partial charge in [0.2, 0.25) is 5.04 Å². The highest BCUT2D eigenvalue weighted by Crippen LogP contribution is 2.33. The molecule has 7 unspecified atom stereocenters. The van der Waals surface area contributed by atoms with Crippen molar-refractivity contribution >= 4 is 156 Å². The summed E-state index contributed by atoms with van der Waals surface area (Å²) in [5.41, 5.74) is 21.7. The van der Waals surface area contributed by atoms with Gasteiger partial charge in [-0.1, -0.05) is 182 Å². The number of thiocarbonyl (C=S) groups is 2. The van der Waals surface area contributed by atoms with Gasteiger partial charge in [-0.2, -0.15) is 47.9 Å². The fourth-order valence-electron chi connectivity index (χ4n) is 9.82. The second-order valence-corrected chi connectivity index (χ2v) is 44.7. The zero-order chi connectivity index (χ0) is 95.2. The monoisotopic (exact) mass is 2030 g/mol. The minimum atomic E-state index is -4.28. The van der Waals surface area contributed by atoms with E-state index in [2.05, 4.69) is 148 Å². The van der Waals surface area contributed by atoms with E-state index in [-0.39, 0.29) is 99.8 Å². The fourth-order valence-corrected chi connectivity index (χ4v) is 15.5. The highest BCUT2D eigenvalue weighted by Gasteiger charge is 2.34. The van der Waals surface area contributed by atoms with E-state index in [1.165, 1.54) is 5.75 Å². The van der Waals surface area contributed by atoms with Crippen molar-refractivity contribution in [3.05, 3.63) is 105 Å². The number of nitriles is 5. The Balaban J connectivity index is 0.00000143. The molecule has 0 bridgehead atoms. The van der Waals surface area contributed by atoms with Crippen molar-refractivity contribution < 1.29 is 82.8 Å². The summed E-state index contributed by atoms with van der Waals surface area (Å²) in [5.74, 6) is 8.42. The van der Waals surface area contributed by atoms with Crippen LogP contribution in [0.5, 0.6) is 0 Å². The minimum Gasteiger partial charge on any atom is -1.00 e. The van der Waals surface area contributed by atoms with E-state index in [0.29, 0.717) is 75.7 Å². The molecule has 5 aliphatic rings. The number of nitrogens with one attached hydrogen (secondary N) is 2. The molecule has 41 heteroatoms. The number of nitrogens with two attached hydrogens (primary N) is 3. The lowest BCUT2D eigenvalue weighted by Crippen LogP contribution is -3.00. The van der Waals surface area contributed by atoms with Crippen LogP contribution in [-0.2, 0) is 56.2 Å². The summed E-state index contributed by atoms with van der Waals surface area (Å²) in [7, 11) is -4.42. The number of aliphatic imine (C=N–C) groups is 1. The Hall–Kier alpha value is -6.45. The van der Waals surface area contributed by atoms with Gasteiger partial charge >= 0.3 is 31.9 Å². The third-order valence-corrected chi connectivity index (χ3v) is 24.8. The van der Waals surface area contributed by atoms with Crippen molar-refractivity contribution in [1.82, 2.24) is 34.7 Å². The van der Waals surface area contributed by atoms with Crippen LogP contribution in [0, 0.1) is 103 Å². The Kier molecular flexibility index (Phi) is 53.3. The van der Waals surface area contributed by atoms with Gasteiger partial charge in [-0.05, 0) is 139 Å². The van der Waals surface area contributed by atoms with Gasteiger partial charge in [0.05, 0.1) is 23.0 Å². The molecule has 125 heavy (non-hydrogen) atoms. The second kappa shape index (κ2) is 56.2. The predicted octanol–water partition coefficient (Wildman–Crippen LogP) is 13.0. The maximum Gasteiger partial charge on any atom is 0.597 e. The summed E-state index contributed by atoms with van der Waals surface area (Å²) in [6, 6.07) is 21.0. The molecule has 7 atom stereocenters. The molecule has 30 nitrogen and oxygen atoms in total. The van der Waals surface area contributed by atoms with Crippen molar-refractivity contribution in [3.63, 3.8) is 0 Å². The maximum absolute atomic E-state index is 11.8. The SMILES string of the molecule is CC(C)(C)c1ccc(C(N)=C(C#N)C#N)cn1.CC(CN)CO.CC(CN)COS(=O)(=O)O.CC1=[N+](C(=O)OC(C)(C)C)CC(C)CS1.CC1CCC(=NC(=C(C#N)C#N)c2ccc(C(C)(C)C)nc2)SC1.CC1CNC(=S)SC1.CC1CSC(=S)N(C(=O)OC(C)(C)C)C1.CC1CSc2nc(-c3ccc(C(C)(C)C)nc3)c(C#N)c(=N)n2C1.O=S(=O)(O)Cl.[I-]. The average Bonchev–Trinajstić information content (AvgIpc) is 0.770. The molecule has 0 saturated carbocycles. The molecule has 0 radical (unpaired) electrons. The number of aliphatic hydroxyl groups excluding tert-OH is 1. The van der Waals surface area contributed by atoms with Crippen molar-refractivity contribution in [2.75, 3.05) is 74.7 Å². The van der Waals surface area contributed by atoms with Gasteiger partial charge < -0.3 is 65.6 Å². The Labute approximate surface area is 794 Å². The number of hydrogen-bond acceptors (Lipinski definition) is 31. The molecule has 9 heterocycles. The summed E-state index contributed by atoms with van der Waals surface area (Å²) in [6.07, 6.45) is 6.50. The zero-order valence-electron chi connectivity index (χ0n) is 75.8. The molecule has 4 aromatic heterocycles. The van der Waals surface area contributed by atoms with Crippen molar-refractivity contribution in [2.45, 2.75) is 211 Å². The number of carbonyl (C=O) groups is 2. The number of thioether (sulfide) groups is 5. The van der Waals surface area contributed by atoms with Gasteiger partial charge in [-0.15, -0.1) is 16.3 Å². The highest BCUT2D eigenvalue weighted by atomic mass is 127. The maximum atomic E-state index is 11.8. The number of hydrogen-bond donors (Lipinski definition) is 8. The van der Waals surface area contributed by atoms with E-state index in [0.717, 1.165) is 104 Å². The van der Waals surface area contributed by atoms with Gasteiger partial charge in [0.15, 0.2) is 22.8 Å². The van der Waals surface area contributed by atoms with Gasteiger partial charge in [-0.3, -0.25) is 34.4 Å². The molecular formula is C84H126ClIN18O12S9. The molecule has 11 N–H and O–H groups in total. The molecule has 0 aliphatic carbocycles. The summed E-state index contributed by atoms with van der Waals surface area (Å²) in [6.45, 7) is 50.8. The number of halogens is 2. The smallest absolute Gasteiger partial charge is 0.597 e. The topological polar surface area (TPSA) is 499 Å². The predicted molar refractivity (Wildman–Crippen MR) is 511 cm³/mol. The van der Waals surface area contributed by atoms with Crippen LogP contribution in [0.25, 0.3) is 22.7 Å². The first-order chi connectivity index (χ1) is 57.2. The van der Waals surface area contributed by atoms with Crippen LogP contribution in [0.2, 0.25) is 0 Å². The molecule has 0 spiro atoms. The lowest BCUT2D eigenvalue weighted by atomic mass is 9.91. The first-order valence-corrected chi connectivity index (χ1v) is 49.1. The number of pyridine rings is 3. The van der Waals surface area contributed by atoms with E-state index in [9.17, 15) is 33.8 Å². The minimum absolute atomic E-state index is 0. The molecule has 4 aromatic rings. The Morgan fingerprint density at radius 1 is 0.680 bits per heavy atom. The van der Waals surface area contributed by atoms with Gasteiger partial charge in [0.25, 0.3) is 0 Å². The number of fused-ring (bicyclic) bond motifs is 1. The number of rotatable bonds is 10. The van der Waals surface area contributed by atoms with E-state index in [4.69, 9.17) is 89.7 Å². The molecule has 5 aliphatic heterocycles. The van der Waals surface area contributed by atoms with Gasteiger partial charge in [0, 0.05) is 147 Å². The van der Waals surface area contributed by atoms with E-state index in [1.54, 1.807) is 112 Å². The number of allylic oxidation sites excluding steroid dienone is 2. The lowest BCUT2D eigenvalue weighted by molar-refractivity contribution is -0.456. The molecular weight excluding hydrogens is 1900 g/mol. The van der Waals surface area contributed by atoms with Crippen LogP contribution >= 0.6 is 93.9 Å². The quantitative estimate of drug-likeness (QED) is 0.0139. The number of carbonyl (C=O) groups excluding carboxylic acids is 2. The van der Waals surface area contributed by atoms with Crippen LogP contribution in [0.3, 0.4) is 0 Å². The summed E-state index contributed by atoms with van der Waals surface area (Å²) in [4.78, 5) is 47.8. The highest BCUT2D eigenvalue weighted by molar-refractivity contribution is 8.23. The lowest BCUT2D eigenvalue weighted by Gasteiger charge is -2.32. The molecule has 3 saturated heterocycles. The third-order valence-electron chi connectivity index (χ3n) is 16.9. The summed E-state index contributed by atoms with van der Waals surface area (Å²) >= 11 is 18.4. The van der Waals surface area contributed by atoms with E-state index in [1.807, 2.05) is 102 Å². The van der Waals surface area contributed by atoms with Crippen LogP contribution in [0.4, 0.5) is 9.59 Å². The summed E-state index contributed by atoms with van der Waals surface area (Å²) < 4.78 is 73.0. The van der Waals surface area contributed by atoms with E-state index >= 15 is 0 Å². The third kappa shape index (κ3) is 48.1. The number of aromatic nitrogens is 5. The molecule has 692 valence electrons. The first-order valence-electron chi connectivity index (χ1n) is 39.7. The Bertz CT molecular complexity index is 4800. The Morgan fingerprint density at radius 3 is 1.55 bits per heavy atom. The fraction of sp³-hybridized carbons (Fsp3) is 0.595. The second-order valence-electron chi connectivity index (χ2n) is 34.9. The Morgan fingerprint density at radius 2 is 1.15 bits per heavy atom. The average molecular weight is 2030 g/mol. The van der Waals surface area contributed by atoms with Crippen molar-refractivity contribution in [1.29, 1.82) is 31.7 Å². The standard InChI is InChI=1S/C19H22N4S.C18H21N5S.C13H14N4.C11H20NO2S.C10H17NO2S2.C5H9NS2.C4H11NO4S.C4H11NO.ClHO3S.HI/c1-13-5-8-17(24-12-13)23-18(15(9-20)10-21)14-6-7-16(22-11-14)19(2,3)4;1-11-9-23-16(20)13(7-19)15(22-17(23)24-10-11)12-5-6-14(21-8-12)18(2,3)4;1-13(2,3)11-5-4-9(8-17-11)12(16)10(6-14)7-15;1-8-6-12(9(2)15-7-8)10(13)14-11(3,4)5;1-7-5-11(9(14)15-6-7)8(12)13-10(2,3)4;1-4-2-6-5(7)8-3-4;1-4(2-5)3-9-10(6,7)8;1-4(2-5)3-6;1-5(2,3)4;/h6-7,11,13H,5,8,12H2,1-4H3;5-6,8,11,20H,9-10H2,1-4H3;4-5,8H,16H2,1-3H3;8H,6-7H2,1-5H3;7H,5-6H2,1-4H3;4H,2-3H2,1H3,(H,6,7);4H,2-3,5H2,1H3,(H,6,7,8);4,6H,2-3,5H2,1H3;(H,2,3,4);1H/q;;;+1;;;;;;/p-1. The number of amides is 2. The van der Waals surface area contributed by atoms with E-state index < -0.39 is 30.9 Å². The molecule has 2 amide bonds. The van der Waals surface area contributed by atoms with Crippen LogP contribution in [0.15, 0.2) is 76.3 Å². The number of aliphatic hydroxyl groups is 1. The first kappa shape index (κ1) is 119. The van der Waals surface area contributed by atoms with Crippen LogP contribution in [-0.4, -0.2) is 182 Å². The van der Waals surface area contributed by atoms with Crippen LogP contribution < -0.4 is 52.0 Å². The summed E-state index contributed by atoms with van der Waals surface area (Å²) in [5, 5.41) is 68.2. The number of nitrogens with zero attached hydrogens (tertiary/aromatic N) is 13. The van der Waals surface area contributed by atoms with Crippen molar-refractivity contribution in [3.8, 4) is 41.6 Å². The normalized spacial score (nSPS) is 18.2. The van der Waals surface area contributed by atoms with Crippen LogP contribution in [0.1, 0.15) is 206 Å². The molecule has 0 aromatic carbocycles. The van der Waals surface area contributed by atoms with Gasteiger partial charge in [0.1, 0.15) is 66.9 Å².